The van der Waals surface area contributed by atoms with Crippen LogP contribution in [0.2, 0.25) is 0 Å². The number of halogens is 1. The van der Waals surface area contributed by atoms with Crippen LogP contribution in [0, 0.1) is 29.1 Å². The highest BCUT2D eigenvalue weighted by Crippen LogP contribution is 2.72. The number of hydrogen-bond acceptors (Lipinski definition) is 3. The van der Waals surface area contributed by atoms with Crippen LogP contribution in [0.15, 0.2) is 63.9 Å². The first-order valence-corrected chi connectivity index (χ1v) is 10.4. The third-order valence-corrected chi connectivity index (χ3v) is 7.13. The minimum absolute atomic E-state index is 0.0414. The monoisotopic (exact) mass is 440 g/mol. The van der Waals surface area contributed by atoms with Crippen LogP contribution in [0.25, 0.3) is 0 Å². The second-order valence-corrected chi connectivity index (χ2v) is 8.98. The van der Waals surface area contributed by atoms with E-state index >= 15 is 0 Å². The Hall–Kier alpha value is -2.34. The van der Waals surface area contributed by atoms with Crippen LogP contribution in [0.5, 0.6) is 0 Å². The molecule has 2 fully saturated rings. The van der Waals surface area contributed by atoms with E-state index in [0.717, 1.165) is 28.6 Å². The highest BCUT2D eigenvalue weighted by atomic mass is 79.9. The number of allylic oxidation sites excluding steroid dienone is 2. The van der Waals surface area contributed by atoms with Gasteiger partial charge < -0.3 is 15.1 Å². The summed E-state index contributed by atoms with van der Waals surface area (Å²) in [4.78, 5) is 26.3. The maximum atomic E-state index is 13.2. The van der Waals surface area contributed by atoms with Gasteiger partial charge in [-0.25, -0.2) is 0 Å². The molecular weight excluding hydrogens is 420 g/mol. The molecule has 5 rings (SSSR count). The SMILES string of the molecule is O=C(NCc1ccoc1)[C@H]1[C@H](C(=O)Nc2ccc(Br)cc2)[C@@H]2C=C[C@H]1C21CC1. The Kier molecular flexibility index (Phi) is 4.19. The lowest BCUT2D eigenvalue weighted by Crippen LogP contribution is -2.41. The van der Waals surface area contributed by atoms with E-state index in [1.807, 2.05) is 30.3 Å². The molecule has 0 saturated heterocycles. The number of hydrogen-bond donors (Lipinski definition) is 2. The van der Waals surface area contributed by atoms with Gasteiger partial charge in [-0.15, -0.1) is 0 Å². The fourth-order valence-electron chi connectivity index (χ4n) is 5.17. The first-order valence-electron chi connectivity index (χ1n) is 9.62. The lowest BCUT2D eigenvalue weighted by atomic mass is 9.81. The van der Waals surface area contributed by atoms with Crippen molar-refractivity contribution in [3.05, 3.63) is 65.0 Å². The van der Waals surface area contributed by atoms with Crippen LogP contribution >= 0.6 is 15.9 Å². The Morgan fingerprint density at radius 1 is 1.04 bits per heavy atom. The second-order valence-electron chi connectivity index (χ2n) is 8.07. The molecule has 1 aromatic heterocycles. The normalized spacial score (nSPS) is 28.5. The van der Waals surface area contributed by atoms with Crippen molar-refractivity contribution in [1.82, 2.24) is 5.32 Å². The van der Waals surface area contributed by atoms with Crippen molar-refractivity contribution in [3.63, 3.8) is 0 Å². The molecule has 3 aliphatic carbocycles. The minimum Gasteiger partial charge on any atom is -0.472 e. The summed E-state index contributed by atoms with van der Waals surface area (Å²) in [6.07, 6.45) is 9.76. The molecule has 2 aromatic rings. The molecule has 2 saturated carbocycles. The second kappa shape index (κ2) is 6.62. The Balaban J connectivity index is 1.36. The number of carbonyl (C=O) groups is 2. The molecule has 2 amide bonds. The van der Waals surface area contributed by atoms with Crippen LogP contribution in [0.3, 0.4) is 0 Å². The number of nitrogens with one attached hydrogen (secondary N) is 2. The smallest absolute Gasteiger partial charge is 0.228 e. The average Bonchev–Trinajstić information content (AvgIpc) is 3.05. The third kappa shape index (κ3) is 2.82. The van der Waals surface area contributed by atoms with Crippen molar-refractivity contribution in [2.45, 2.75) is 19.4 Å². The van der Waals surface area contributed by atoms with Gasteiger partial charge in [-0.2, -0.15) is 0 Å². The van der Waals surface area contributed by atoms with Gasteiger partial charge in [0.05, 0.1) is 24.4 Å². The van der Waals surface area contributed by atoms with Gasteiger partial charge >= 0.3 is 0 Å². The quantitative estimate of drug-likeness (QED) is 0.686. The summed E-state index contributed by atoms with van der Waals surface area (Å²) in [5.74, 6) is -0.445. The molecule has 2 N–H and O–H groups in total. The Labute approximate surface area is 171 Å². The zero-order valence-corrected chi connectivity index (χ0v) is 16.8. The molecule has 0 aliphatic heterocycles. The molecule has 144 valence electrons. The molecule has 1 spiro atoms. The van der Waals surface area contributed by atoms with Crippen LogP contribution in [0.1, 0.15) is 18.4 Å². The fourth-order valence-corrected chi connectivity index (χ4v) is 5.43. The Morgan fingerprint density at radius 2 is 1.71 bits per heavy atom. The van der Waals surface area contributed by atoms with Crippen LogP contribution in [-0.2, 0) is 16.1 Å². The highest BCUT2D eigenvalue weighted by molar-refractivity contribution is 9.10. The summed E-state index contributed by atoms with van der Waals surface area (Å²) in [7, 11) is 0. The van der Waals surface area contributed by atoms with E-state index in [2.05, 4.69) is 38.7 Å². The van der Waals surface area contributed by atoms with Crippen molar-refractivity contribution >= 4 is 33.4 Å². The molecule has 28 heavy (non-hydrogen) atoms. The predicted octanol–water partition coefficient (Wildman–Crippen LogP) is 4.13. The van der Waals surface area contributed by atoms with Crippen molar-refractivity contribution in [2.75, 3.05) is 5.32 Å². The maximum Gasteiger partial charge on any atom is 0.228 e. The van der Waals surface area contributed by atoms with E-state index < -0.39 is 0 Å². The van der Waals surface area contributed by atoms with Gasteiger partial charge in [-0.05, 0) is 60.4 Å². The van der Waals surface area contributed by atoms with Crippen LogP contribution in [0.4, 0.5) is 5.69 Å². The minimum atomic E-state index is -0.328. The van der Waals surface area contributed by atoms with Gasteiger partial charge in [0.25, 0.3) is 0 Å². The topological polar surface area (TPSA) is 71.3 Å². The number of anilines is 1. The van der Waals surface area contributed by atoms with E-state index in [4.69, 9.17) is 4.42 Å². The van der Waals surface area contributed by atoms with E-state index in [-0.39, 0.29) is 40.9 Å². The molecule has 2 bridgehead atoms. The molecule has 0 radical (unpaired) electrons. The van der Waals surface area contributed by atoms with Gasteiger partial charge in [0, 0.05) is 22.3 Å². The molecule has 5 nitrogen and oxygen atoms in total. The molecule has 4 atom stereocenters. The number of rotatable bonds is 5. The van der Waals surface area contributed by atoms with Gasteiger partial charge in [0.1, 0.15) is 0 Å². The standard InChI is InChI=1S/C22H21BrN2O3/c23-14-1-3-15(4-2-14)25-21(27)19-17-6-5-16(22(17)8-9-22)18(19)20(26)24-11-13-7-10-28-12-13/h1-7,10,12,16-19H,8-9,11H2,(H,24,26)(H,25,27)/t16-,17+,18-,19-/m1/s1. The highest BCUT2D eigenvalue weighted by Gasteiger charge is 2.69. The maximum absolute atomic E-state index is 13.2. The summed E-state index contributed by atoms with van der Waals surface area (Å²) in [6.45, 7) is 0.418. The largest absolute Gasteiger partial charge is 0.472 e. The van der Waals surface area contributed by atoms with Gasteiger partial charge in [-0.1, -0.05) is 28.1 Å². The van der Waals surface area contributed by atoms with E-state index in [1.165, 1.54) is 0 Å². The average molecular weight is 441 g/mol. The van der Waals surface area contributed by atoms with Crippen LogP contribution in [-0.4, -0.2) is 11.8 Å². The van der Waals surface area contributed by atoms with Gasteiger partial charge in [0.15, 0.2) is 0 Å². The van der Waals surface area contributed by atoms with Crippen molar-refractivity contribution in [1.29, 1.82) is 0 Å². The Morgan fingerprint density at radius 3 is 2.32 bits per heavy atom. The van der Waals surface area contributed by atoms with Crippen LogP contribution < -0.4 is 10.6 Å². The molecule has 3 aliphatic rings. The molecule has 1 aromatic carbocycles. The van der Waals surface area contributed by atoms with E-state index in [0.29, 0.717) is 6.54 Å². The summed E-state index contributed by atoms with van der Waals surface area (Å²) in [5.41, 5.74) is 1.80. The first kappa shape index (κ1) is 17.7. The number of carbonyl (C=O) groups excluding carboxylic acids is 2. The van der Waals surface area contributed by atoms with E-state index in [1.54, 1.807) is 12.5 Å². The lowest BCUT2D eigenvalue weighted by molar-refractivity contribution is -0.133. The zero-order valence-electron chi connectivity index (χ0n) is 15.2. The number of amides is 2. The van der Waals surface area contributed by atoms with E-state index in [9.17, 15) is 9.59 Å². The summed E-state index contributed by atoms with van der Waals surface area (Å²) in [6, 6.07) is 9.36. The number of benzene rings is 1. The van der Waals surface area contributed by atoms with Gasteiger partial charge in [0.2, 0.25) is 11.8 Å². The summed E-state index contributed by atoms with van der Waals surface area (Å²) >= 11 is 3.41. The first-order chi connectivity index (χ1) is 13.6. The molecule has 6 heteroatoms. The van der Waals surface area contributed by atoms with Crippen molar-refractivity contribution in [2.24, 2.45) is 29.1 Å². The fraction of sp³-hybridized carbons (Fsp3) is 0.364. The molecule has 1 heterocycles. The Bertz CT molecular complexity index is 931. The van der Waals surface area contributed by atoms with Crippen molar-refractivity contribution in [3.8, 4) is 0 Å². The summed E-state index contributed by atoms with van der Waals surface area (Å²) in [5, 5.41) is 6.04. The molecular formula is C22H21BrN2O3. The molecule has 0 unspecified atom stereocenters. The lowest BCUT2D eigenvalue weighted by Gasteiger charge is -2.26. The zero-order chi connectivity index (χ0) is 19.3. The third-order valence-electron chi connectivity index (χ3n) is 6.61. The predicted molar refractivity (Wildman–Crippen MR) is 108 cm³/mol. The van der Waals surface area contributed by atoms with Crippen molar-refractivity contribution < 1.29 is 14.0 Å². The van der Waals surface area contributed by atoms with Gasteiger partial charge in [-0.3, -0.25) is 9.59 Å². The number of furan rings is 1. The summed E-state index contributed by atoms with van der Waals surface area (Å²) < 4.78 is 6.03.